The fourth-order valence-corrected chi connectivity index (χ4v) is 0.379. The lowest BCUT2D eigenvalue weighted by atomic mass is 10.3. The van der Waals surface area contributed by atoms with Crippen LogP contribution in [0.25, 0.3) is 0 Å². The maximum Gasteiger partial charge on any atom is 0.225 e. The Morgan fingerprint density at radius 3 is 2.11 bits per heavy atom. The van der Waals surface area contributed by atoms with Crippen LogP contribution in [-0.4, -0.2) is 26.6 Å². The summed E-state index contributed by atoms with van der Waals surface area (Å²) in [5.41, 5.74) is 0. The van der Waals surface area contributed by atoms with Crippen LogP contribution in [0.1, 0.15) is 6.92 Å². The zero-order valence-corrected chi connectivity index (χ0v) is 5.84. The molecule has 0 heterocycles. The van der Waals surface area contributed by atoms with E-state index in [0.717, 1.165) is 0 Å². The standard InChI is InChI=1S/C5H11O4/c1-5(8-3,9-6)4-7-2/h4H2,1-3H3. The third kappa shape index (κ3) is 2.76. The smallest absolute Gasteiger partial charge is 0.225 e. The maximum atomic E-state index is 9.87. The summed E-state index contributed by atoms with van der Waals surface area (Å²) in [5.74, 6) is -1.14. The molecular formula is C5H11O4. The first-order chi connectivity index (χ1) is 4.18. The third-order valence-electron chi connectivity index (χ3n) is 1.01. The molecule has 0 rings (SSSR count). The molecule has 0 aliphatic heterocycles. The average Bonchev–Trinajstić information content (AvgIpc) is 1.89. The summed E-state index contributed by atoms with van der Waals surface area (Å²) < 4.78 is 9.31. The van der Waals surface area contributed by atoms with Crippen molar-refractivity contribution in [3.63, 3.8) is 0 Å². The van der Waals surface area contributed by atoms with Crippen LogP contribution in [0, 0.1) is 0 Å². The van der Waals surface area contributed by atoms with Gasteiger partial charge in [-0.05, 0) is 12.2 Å². The van der Waals surface area contributed by atoms with E-state index in [-0.39, 0.29) is 6.61 Å². The largest absolute Gasteiger partial charge is 0.379 e. The van der Waals surface area contributed by atoms with Gasteiger partial charge in [-0.15, -0.1) is 0 Å². The van der Waals surface area contributed by atoms with E-state index < -0.39 is 5.79 Å². The van der Waals surface area contributed by atoms with Crippen LogP contribution >= 0.6 is 0 Å². The fraction of sp³-hybridized carbons (Fsp3) is 1.00. The zero-order valence-electron chi connectivity index (χ0n) is 5.84. The molecule has 0 N–H and O–H groups in total. The molecule has 0 aromatic rings. The zero-order chi connectivity index (χ0) is 7.33. The Morgan fingerprint density at radius 1 is 1.44 bits per heavy atom. The van der Waals surface area contributed by atoms with Crippen molar-refractivity contribution >= 4 is 0 Å². The van der Waals surface area contributed by atoms with E-state index in [1.807, 2.05) is 0 Å². The minimum absolute atomic E-state index is 0.132. The topological polar surface area (TPSA) is 47.6 Å². The normalized spacial score (nSPS) is 17.3. The van der Waals surface area contributed by atoms with Crippen LogP contribution in [0.2, 0.25) is 0 Å². The first-order valence-electron chi connectivity index (χ1n) is 2.53. The first-order valence-corrected chi connectivity index (χ1v) is 2.53. The quantitative estimate of drug-likeness (QED) is 0.317. The van der Waals surface area contributed by atoms with E-state index in [9.17, 15) is 5.26 Å². The lowest BCUT2D eigenvalue weighted by molar-refractivity contribution is -0.437. The molecule has 0 saturated heterocycles. The summed E-state index contributed by atoms with van der Waals surface area (Å²) in [4.78, 5) is 3.73. The van der Waals surface area contributed by atoms with Crippen LogP contribution in [0.3, 0.4) is 0 Å². The summed E-state index contributed by atoms with van der Waals surface area (Å²) in [6, 6.07) is 0. The highest BCUT2D eigenvalue weighted by atomic mass is 17.1. The number of rotatable bonds is 4. The second-order valence-corrected chi connectivity index (χ2v) is 1.85. The molecule has 0 aliphatic carbocycles. The summed E-state index contributed by atoms with van der Waals surface area (Å²) in [7, 11) is 2.85. The van der Waals surface area contributed by atoms with Crippen LogP contribution in [-0.2, 0) is 19.6 Å². The van der Waals surface area contributed by atoms with Gasteiger partial charge in [0.05, 0.1) is 0 Å². The molecule has 0 aromatic heterocycles. The van der Waals surface area contributed by atoms with Gasteiger partial charge >= 0.3 is 0 Å². The molecule has 0 aliphatic rings. The molecular weight excluding hydrogens is 124 g/mol. The lowest BCUT2D eigenvalue weighted by Gasteiger charge is -2.20. The molecule has 0 bridgehead atoms. The van der Waals surface area contributed by atoms with Gasteiger partial charge in [0.25, 0.3) is 0 Å². The van der Waals surface area contributed by atoms with Gasteiger partial charge in [-0.3, -0.25) is 0 Å². The number of methoxy groups -OCH3 is 2. The molecule has 4 heteroatoms. The van der Waals surface area contributed by atoms with E-state index in [1.165, 1.54) is 21.1 Å². The van der Waals surface area contributed by atoms with E-state index in [2.05, 4.69) is 14.4 Å². The summed E-state index contributed by atoms with van der Waals surface area (Å²) in [5, 5.41) is 9.87. The molecule has 0 aromatic carbocycles. The van der Waals surface area contributed by atoms with Gasteiger partial charge in [0, 0.05) is 14.2 Å². The Hall–Kier alpha value is -0.160. The van der Waals surface area contributed by atoms with E-state index in [0.29, 0.717) is 0 Å². The highest BCUT2D eigenvalue weighted by molar-refractivity contribution is 4.56. The van der Waals surface area contributed by atoms with Crippen LogP contribution in [0.4, 0.5) is 0 Å². The number of ether oxygens (including phenoxy) is 2. The van der Waals surface area contributed by atoms with Crippen molar-refractivity contribution in [2.75, 3.05) is 20.8 Å². The molecule has 55 valence electrons. The van der Waals surface area contributed by atoms with Crippen LogP contribution in [0.5, 0.6) is 0 Å². The Bertz CT molecular complexity index is 69.4. The van der Waals surface area contributed by atoms with Crippen molar-refractivity contribution < 1.29 is 19.6 Å². The van der Waals surface area contributed by atoms with Crippen molar-refractivity contribution in [3.05, 3.63) is 0 Å². The third-order valence-corrected chi connectivity index (χ3v) is 1.01. The van der Waals surface area contributed by atoms with Gasteiger partial charge in [0.2, 0.25) is 5.79 Å². The first kappa shape index (κ1) is 8.84. The Kier molecular flexibility index (Phi) is 3.72. The van der Waals surface area contributed by atoms with Gasteiger partial charge in [-0.2, -0.15) is 4.89 Å². The maximum absolute atomic E-state index is 9.87. The summed E-state index contributed by atoms with van der Waals surface area (Å²) in [6.45, 7) is 1.64. The molecule has 4 nitrogen and oxygen atoms in total. The van der Waals surface area contributed by atoms with Crippen molar-refractivity contribution in [3.8, 4) is 0 Å². The molecule has 1 atom stereocenters. The van der Waals surface area contributed by atoms with Crippen molar-refractivity contribution in [2.45, 2.75) is 12.7 Å². The van der Waals surface area contributed by atoms with Crippen molar-refractivity contribution in [1.82, 2.24) is 0 Å². The van der Waals surface area contributed by atoms with E-state index in [4.69, 9.17) is 0 Å². The van der Waals surface area contributed by atoms with Gasteiger partial charge in [-0.25, -0.2) is 0 Å². The minimum atomic E-state index is -1.14. The Labute approximate surface area is 54.3 Å². The number of hydrogen-bond acceptors (Lipinski definition) is 3. The highest BCUT2D eigenvalue weighted by Gasteiger charge is 2.25. The monoisotopic (exact) mass is 135 g/mol. The molecule has 0 amide bonds. The summed E-state index contributed by atoms with van der Waals surface area (Å²) in [6.07, 6.45) is 0. The number of hydrogen-bond donors (Lipinski definition) is 0. The molecule has 0 fully saturated rings. The van der Waals surface area contributed by atoms with Gasteiger partial charge in [-0.1, -0.05) is 0 Å². The van der Waals surface area contributed by atoms with Gasteiger partial charge in [0.1, 0.15) is 6.61 Å². The Balaban J connectivity index is 3.62. The van der Waals surface area contributed by atoms with Gasteiger partial charge in [0.15, 0.2) is 0 Å². The van der Waals surface area contributed by atoms with Crippen LogP contribution < -0.4 is 0 Å². The minimum Gasteiger partial charge on any atom is -0.379 e. The van der Waals surface area contributed by atoms with Crippen molar-refractivity contribution in [2.24, 2.45) is 0 Å². The predicted octanol–water partition coefficient (Wildman–Crippen LogP) is 0.358. The average molecular weight is 135 g/mol. The molecule has 9 heavy (non-hydrogen) atoms. The molecule has 0 saturated carbocycles. The second-order valence-electron chi connectivity index (χ2n) is 1.85. The van der Waals surface area contributed by atoms with E-state index >= 15 is 0 Å². The molecule has 1 radical (unpaired) electrons. The second kappa shape index (κ2) is 3.79. The Morgan fingerprint density at radius 2 is 2.00 bits per heavy atom. The van der Waals surface area contributed by atoms with Gasteiger partial charge < -0.3 is 9.47 Å². The van der Waals surface area contributed by atoms with Crippen molar-refractivity contribution in [1.29, 1.82) is 0 Å². The lowest BCUT2D eigenvalue weighted by Crippen LogP contribution is -2.34. The fourth-order valence-electron chi connectivity index (χ4n) is 0.379. The summed E-state index contributed by atoms with van der Waals surface area (Å²) >= 11 is 0. The van der Waals surface area contributed by atoms with E-state index in [1.54, 1.807) is 0 Å². The molecule has 0 spiro atoms. The molecule has 1 unspecified atom stereocenters. The van der Waals surface area contributed by atoms with Crippen LogP contribution in [0.15, 0.2) is 0 Å². The highest BCUT2D eigenvalue weighted by Crippen LogP contribution is 2.08. The predicted molar refractivity (Wildman–Crippen MR) is 29.1 cm³/mol. The SMILES string of the molecule is COCC(C)(OC)O[O].